The molecule has 134 valence electrons. The predicted octanol–water partition coefficient (Wildman–Crippen LogP) is 4.11. The summed E-state index contributed by atoms with van der Waals surface area (Å²) in [6.45, 7) is 2.05. The summed E-state index contributed by atoms with van der Waals surface area (Å²) < 4.78 is 5.97. The molecule has 3 atom stereocenters. The molecule has 2 fully saturated rings. The fourth-order valence-corrected chi connectivity index (χ4v) is 4.87. The molecule has 2 aliphatic rings. The third-order valence-electron chi connectivity index (χ3n) is 6.55. The number of hydrogen-bond acceptors (Lipinski definition) is 3. The number of nitrogens with zero attached hydrogens (tertiary/aromatic N) is 1. The highest BCUT2D eigenvalue weighted by Gasteiger charge is 2.41. The first-order valence-corrected chi connectivity index (χ1v) is 9.55. The van der Waals surface area contributed by atoms with Crippen molar-refractivity contribution in [2.45, 2.75) is 51.1 Å². The van der Waals surface area contributed by atoms with Crippen molar-refractivity contribution in [3.63, 3.8) is 0 Å². The molecule has 1 aromatic carbocycles. The van der Waals surface area contributed by atoms with Crippen molar-refractivity contribution in [3.05, 3.63) is 36.1 Å². The molecular formula is C21H28N2O2. The molecule has 0 spiro atoms. The highest BCUT2D eigenvalue weighted by Crippen LogP contribution is 2.43. The zero-order chi connectivity index (χ0) is 17.6. The molecule has 1 heterocycles. The Balaban J connectivity index is 1.49. The summed E-state index contributed by atoms with van der Waals surface area (Å²) in [5, 5.41) is 1.09. The summed E-state index contributed by atoms with van der Waals surface area (Å²) in [6.07, 6.45) is 5.55. The van der Waals surface area contributed by atoms with Crippen LogP contribution in [0.4, 0.5) is 0 Å². The zero-order valence-corrected chi connectivity index (χ0v) is 15.2. The molecule has 2 aliphatic carbocycles. The van der Waals surface area contributed by atoms with Gasteiger partial charge in [-0.2, -0.15) is 0 Å². The van der Waals surface area contributed by atoms with Crippen LogP contribution >= 0.6 is 0 Å². The SMILES string of the molecule is CC(c1cc2ccccc2o1)N(C)C(=O)C1CC2CCCC(C1)C2N. The van der Waals surface area contributed by atoms with Crippen molar-refractivity contribution < 1.29 is 9.21 Å². The van der Waals surface area contributed by atoms with Crippen LogP contribution in [0.2, 0.25) is 0 Å². The van der Waals surface area contributed by atoms with E-state index >= 15 is 0 Å². The van der Waals surface area contributed by atoms with Crippen LogP contribution in [0.3, 0.4) is 0 Å². The Labute approximate surface area is 149 Å². The normalized spacial score (nSPS) is 30.2. The monoisotopic (exact) mass is 340 g/mol. The molecule has 2 N–H and O–H groups in total. The standard InChI is InChI=1S/C21H28N2O2/c1-13(19-12-14-6-3-4-9-18(14)25-19)23(2)21(24)17-10-15-7-5-8-16(11-17)20(15)22/h3-4,6,9,12-13,15-17,20H,5,7-8,10-11,22H2,1-2H3. The first-order valence-electron chi connectivity index (χ1n) is 9.55. The van der Waals surface area contributed by atoms with Gasteiger partial charge >= 0.3 is 0 Å². The van der Waals surface area contributed by atoms with E-state index in [0.29, 0.717) is 17.9 Å². The Hall–Kier alpha value is -1.81. The van der Waals surface area contributed by atoms with Crippen molar-refractivity contribution in [1.29, 1.82) is 0 Å². The number of nitrogens with two attached hydrogens (primary N) is 1. The smallest absolute Gasteiger partial charge is 0.226 e. The minimum Gasteiger partial charge on any atom is -0.459 e. The van der Waals surface area contributed by atoms with E-state index in [1.807, 2.05) is 43.1 Å². The van der Waals surface area contributed by atoms with Gasteiger partial charge in [-0.1, -0.05) is 24.6 Å². The number of para-hydroxylation sites is 1. The van der Waals surface area contributed by atoms with E-state index in [4.69, 9.17) is 10.2 Å². The number of amides is 1. The van der Waals surface area contributed by atoms with Crippen LogP contribution in [0.15, 0.2) is 34.7 Å². The molecule has 2 saturated carbocycles. The number of carbonyl (C=O) groups is 1. The number of benzene rings is 1. The molecule has 1 aromatic heterocycles. The first-order chi connectivity index (χ1) is 12.0. The average Bonchev–Trinajstić information content (AvgIpc) is 3.03. The van der Waals surface area contributed by atoms with Crippen LogP contribution in [-0.2, 0) is 4.79 Å². The number of rotatable bonds is 3. The molecule has 4 nitrogen and oxygen atoms in total. The van der Waals surface area contributed by atoms with Crippen molar-refractivity contribution in [2.24, 2.45) is 23.5 Å². The lowest BCUT2D eigenvalue weighted by Gasteiger charge is -2.44. The van der Waals surface area contributed by atoms with E-state index in [2.05, 4.69) is 6.07 Å². The summed E-state index contributed by atoms with van der Waals surface area (Å²) in [5.74, 6) is 2.26. The number of hydrogen-bond donors (Lipinski definition) is 1. The van der Waals surface area contributed by atoms with Crippen LogP contribution in [0.25, 0.3) is 11.0 Å². The summed E-state index contributed by atoms with van der Waals surface area (Å²) in [5.41, 5.74) is 7.25. The maximum atomic E-state index is 13.1. The van der Waals surface area contributed by atoms with E-state index in [0.717, 1.165) is 29.6 Å². The van der Waals surface area contributed by atoms with Crippen molar-refractivity contribution in [1.82, 2.24) is 4.90 Å². The van der Waals surface area contributed by atoms with E-state index in [1.54, 1.807) is 0 Å². The van der Waals surface area contributed by atoms with Crippen LogP contribution in [-0.4, -0.2) is 23.9 Å². The van der Waals surface area contributed by atoms with Gasteiger partial charge in [-0.15, -0.1) is 0 Å². The molecule has 25 heavy (non-hydrogen) atoms. The van der Waals surface area contributed by atoms with E-state index in [1.165, 1.54) is 19.3 Å². The first kappa shape index (κ1) is 16.6. The van der Waals surface area contributed by atoms with Gasteiger partial charge in [0, 0.05) is 24.4 Å². The predicted molar refractivity (Wildman–Crippen MR) is 98.9 cm³/mol. The minimum atomic E-state index is -0.0599. The molecule has 4 rings (SSSR count). The maximum Gasteiger partial charge on any atom is 0.226 e. The summed E-state index contributed by atoms with van der Waals surface area (Å²) in [7, 11) is 1.91. The van der Waals surface area contributed by atoms with Gasteiger partial charge in [0.2, 0.25) is 5.91 Å². The second-order valence-corrected chi connectivity index (χ2v) is 8.01. The molecule has 3 unspecified atom stereocenters. The summed E-state index contributed by atoms with van der Waals surface area (Å²) in [4.78, 5) is 15.0. The number of fused-ring (bicyclic) bond motifs is 3. The van der Waals surface area contributed by atoms with Crippen LogP contribution < -0.4 is 5.73 Å². The second-order valence-electron chi connectivity index (χ2n) is 8.01. The van der Waals surface area contributed by atoms with Crippen molar-refractivity contribution in [3.8, 4) is 0 Å². The summed E-state index contributed by atoms with van der Waals surface area (Å²) >= 11 is 0. The molecule has 2 aromatic rings. The van der Waals surface area contributed by atoms with Gasteiger partial charge in [0.1, 0.15) is 11.3 Å². The van der Waals surface area contributed by atoms with Gasteiger partial charge in [-0.25, -0.2) is 0 Å². The Morgan fingerprint density at radius 3 is 2.60 bits per heavy atom. The topological polar surface area (TPSA) is 59.5 Å². The summed E-state index contributed by atoms with van der Waals surface area (Å²) in [6, 6.07) is 10.3. The lowest BCUT2D eigenvalue weighted by Crippen LogP contribution is -2.49. The minimum absolute atomic E-state index is 0.0599. The third kappa shape index (κ3) is 2.97. The zero-order valence-electron chi connectivity index (χ0n) is 15.2. The molecule has 0 radical (unpaired) electrons. The van der Waals surface area contributed by atoms with Gasteiger partial charge in [0.25, 0.3) is 0 Å². The molecule has 2 bridgehead atoms. The second kappa shape index (κ2) is 6.49. The Morgan fingerprint density at radius 1 is 1.24 bits per heavy atom. The Kier molecular flexibility index (Phi) is 4.32. The Morgan fingerprint density at radius 2 is 1.92 bits per heavy atom. The third-order valence-corrected chi connectivity index (χ3v) is 6.55. The quantitative estimate of drug-likeness (QED) is 0.915. The highest BCUT2D eigenvalue weighted by molar-refractivity contribution is 5.80. The molecule has 1 amide bonds. The van der Waals surface area contributed by atoms with Gasteiger partial charge in [-0.3, -0.25) is 4.79 Å². The highest BCUT2D eigenvalue weighted by atomic mass is 16.3. The van der Waals surface area contributed by atoms with E-state index in [-0.39, 0.29) is 17.9 Å². The van der Waals surface area contributed by atoms with Crippen molar-refractivity contribution >= 4 is 16.9 Å². The van der Waals surface area contributed by atoms with Crippen LogP contribution in [0, 0.1) is 17.8 Å². The lowest BCUT2D eigenvalue weighted by molar-refractivity contribution is -0.139. The number of carbonyl (C=O) groups excluding carboxylic acids is 1. The Bertz CT molecular complexity index is 721. The van der Waals surface area contributed by atoms with Crippen molar-refractivity contribution in [2.75, 3.05) is 7.05 Å². The maximum absolute atomic E-state index is 13.1. The van der Waals surface area contributed by atoms with E-state index < -0.39 is 0 Å². The average molecular weight is 340 g/mol. The molecule has 0 saturated heterocycles. The van der Waals surface area contributed by atoms with Gasteiger partial charge in [0.15, 0.2) is 0 Å². The van der Waals surface area contributed by atoms with Crippen LogP contribution in [0.5, 0.6) is 0 Å². The fourth-order valence-electron chi connectivity index (χ4n) is 4.87. The molecule has 4 heteroatoms. The van der Waals surface area contributed by atoms with Gasteiger partial charge < -0.3 is 15.1 Å². The van der Waals surface area contributed by atoms with E-state index in [9.17, 15) is 4.79 Å². The molecular weight excluding hydrogens is 312 g/mol. The van der Waals surface area contributed by atoms with Gasteiger partial charge in [-0.05, 0) is 56.6 Å². The van der Waals surface area contributed by atoms with Crippen LogP contribution in [0.1, 0.15) is 50.8 Å². The fraction of sp³-hybridized carbons (Fsp3) is 0.571. The lowest BCUT2D eigenvalue weighted by atomic mass is 9.65. The van der Waals surface area contributed by atoms with Gasteiger partial charge in [0.05, 0.1) is 6.04 Å². The molecule has 0 aliphatic heterocycles. The largest absolute Gasteiger partial charge is 0.459 e. The number of furan rings is 1.